The molecule has 162 valence electrons. The molecule has 2 aromatic carbocycles. The van der Waals surface area contributed by atoms with Crippen LogP contribution in [0.25, 0.3) is 23.0 Å². The van der Waals surface area contributed by atoms with E-state index in [1.165, 1.54) is 0 Å². The molecule has 0 saturated heterocycles. The van der Waals surface area contributed by atoms with Crippen molar-refractivity contribution < 1.29 is 9.21 Å². The molecule has 1 amide bonds. The summed E-state index contributed by atoms with van der Waals surface area (Å²) in [5.74, 6) is 0.643. The van der Waals surface area contributed by atoms with Gasteiger partial charge in [-0.25, -0.2) is 4.68 Å². The maximum absolute atomic E-state index is 12.6. The molecule has 2 aromatic heterocycles. The third-order valence-electron chi connectivity index (χ3n) is 5.19. The topological polar surface area (TPSA) is 63.3 Å². The molecule has 1 unspecified atom stereocenters. The molecule has 4 aromatic rings. The Kier molecular flexibility index (Phi) is 6.63. The minimum atomic E-state index is -0.171. The molecule has 2 heterocycles. The van der Waals surface area contributed by atoms with Crippen LogP contribution in [0, 0.1) is 0 Å². The van der Waals surface area contributed by atoms with Crippen molar-refractivity contribution in [1.82, 2.24) is 20.0 Å². The molecule has 6 heteroatoms. The van der Waals surface area contributed by atoms with Crippen LogP contribution in [0.5, 0.6) is 0 Å². The zero-order chi connectivity index (χ0) is 22.3. The number of nitrogens with zero attached hydrogens (tertiary/aromatic N) is 3. The molecule has 0 spiro atoms. The van der Waals surface area contributed by atoms with Crippen molar-refractivity contribution in [2.75, 3.05) is 20.6 Å². The Labute approximate surface area is 187 Å². The third kappa shape index (κ3) is 5.04. The van der Waals surface area contributed by atoms with Crippen LogP contribution in [0.1, 0.15) is 17.4 Å². The highest BCUT2D eigenvalue weighted by atomic mass is 16.3. The Hall–Kier alpha value is -3.90. The number of aromatic nitrogens is 2. The number of hydrogen-bond donors (Lipinski definition) is 1. The maximum atomic E-state index is 12.6. The van der Waals surface area contributed by atoms with Gasteiger partial charge in [0, 0.05) is 29.9 Å². The monoisotopic (exact) mass is 426 g/mol. The number of benzene rings is 2. The summed E-state index contributed by atoms with van der Waals surface area (Å²) < 4.78 is 7.34. The van der Waals surface area contributed by atoms with Crippen LogP contribution in [0.4, 0.5) is 0 Å². The minimum Gasteiger partial charge on any atom is -0.468 e. The van der Waals surface area contributed by atoms with E-state index < -0.39 is 0 Å². The second-order valence-electron chi connectivity index (χ2n) is 7.65. The first-order valence-corrected chi connectivity index (χ1v) is 10.5. The van der Waals surface area contributed by atoms with Crippen LogP contribution in [-0.4, -0.2) is 41.2 Å². The molecule has 0 aliphatic heterocycles. The number of carbonyl (C=O) groups is 1. The van der Waals surface area contributed by atoms with Crippen LogP contribution in [0.3, 0.4) is 0 Å². The van der Waals surface area contributed by atoms with Gasteiger partial charge in [0.1, 0.15) is 5.76 Å². The van der Waals surface area contributed by atoms with Crippen LogP contribution in [0.15, 0.2) is 95.7 Å². The molecular weight excluding hydrogens is 400 g/mol. The number of carbonyl (C=O) groups excluding carboxylic acids is 1. The molecule has 6 nitrogen and oxygen atoms in total. The van der Waals surface area contributed by atoms with Gasteiger partial charge in [0.25, 0.3) is 0 Å². The third-order valence-corrected chi connectivity index (χ3v) is 5.19. The second-order valence-corrected chi connectivity index (χ2v) is 7.65. The Morgan fingerprint density at radius 2 is 1.78 bits per heavy atom. The van der Waals surface area contributed by atoms with Crippen molar-refractivity contribution in [3.8, 4) is 16.9 Å². The van der Waals surface area contributed by atoms with E-state index in [-0.39, 0.29) is 11.9 Å². The fraction of sp³-hybridized carbons (Fsp3) is 0.154. The summed E-state index contributed by atoms with van der Waals surface area (Å²) in [5, 5.41) is 7.74. The summed E-state index contributed by atoms with van der Waals surface area (Å²) in [4.78, 5) is 14.6. The van der Waals surface area contributed by atoms with E-state index in [0.29, 0.717) is 6.54 Å². The minimum absolute atomic E-state index is 0.0388. The van der Waals surface area contributed by atoms with Gasteiger partial charge in [-0.1, -0.05) is 48.5 Å². The van der Waals surface area contributed by atoms with Crippen molar-refractivity contribution in [2.45, 2.75) is 6.04 Å². The van der Waals surface area contributed by atoms with Crippen LogP contribution < -0.4 is 5.32 Å². The lowest BCUT2D eigenvalue weighted by Gasteiger charge is -2.22. The van der Waals surface area contributed by atoms with Gasteiger partial charge in [-0.3, -0.25) is 9.69 Å². The lowest BCUT2D eigenvalue weighted by Crippen LogP contribution is -2.33. The summed E-state index contributed by atoms with van der Waals surface area (Å²) >= 11 is 0. The molecule has 0 fully saturated rings. The molecule has 4 rings (SSSR count). The van der Waals surface area contributed by atoms with Crippen molar-refractivity contribution in [1.29, 1.82) is 0 Å². The Bertz CT molecular complexity index is 1160. The van der Waals surface area contributed by atoms with Crippen molar-refractivity contribution in [3.05, 3.63) is 103 Å². The van der Waals surface area contributed by atoms with Crippen molar-refractivity contribution in [2.24, 2.45) is 0 Å². The Morgan fingerprint density at radius 1 is 1.06 bits per heavy atom. The Morgan fingerprint density at radius 3 is 2.44 bits per heavy atom. The molecule has 0 radical (unpaired) electrons. The summed E-state index contributed by atoms with van der Waals surface area (Å²) in [6.07, 6.45) is 6.94. The van der Waals surface area contributed by atoms with E-state index in [4.69, 9.17) is 9.52 Å². The standard InChI is InChI=1S/C26H26N4O2/c1-29(2)23(24-14-9-17-32-24)18-27-25(31)16-15-21-19-30(22-12-7-4-8-13-22)28-26(21)20-10-5-3-6-11-20/h3-17,19,23H,18H2,1-2H3,(H,27,31)/b16-15+. The average Bonchev–Trinajstić information content (AvgIpc) is 3.49. The highest BCUT2D eigenvalue weighted by Gasteiger charge is 2.17. The van der Waals surface area contributed by atoms with E-state index in [0.717, 1.165) is 28.3 Å². The van der Waals surface area contributed by atoms with Gasteiger partial charge in [-0.15, -0.1) is 0 Å². The number of nitrogens with one attached hydrogen (secondary N) is 1. The van der Waals surface area contributed by atoms with Gasteiger partial charge in [-0.2, -0.15) is 5.10 Å². The number of rotatable bonds is 8. The molecule has 1 N–H and O–H groups in total. The summed E-state index contributed by atoms with van der Waals surface area (Å²) in [6.45, 7) is 0.443. The second kappa shape index (κ2) is 9.94. The number of hydrogen-bond acceptors (Lipinski definition) is 4. The number of amides is 1. The van der Waals surface area contributed by atoms with Crippen LogP contribution in [-0.2, 0) is 4.79 Å². The smallest absolute Gasteiger partial charge is 0.244 e. The van der Waals surface area contributed by atoms with Crippen molar-refractivity contribution >= 4 is 12.0 Å². The predicted octanol–water partition coefficient (Wildman–Crippen LogP) is 4.56. The fourth-order valence-corrected chi connectivity index (χ4v) is 3.48. The summed E-state index contributed by atoms with van der Waals surface area (Å²) in [7, 11) is 3.92. The SMILES string of the molecule is CN(C)C(CNC(=O)/C=C/c1cn(-c2ccccc2)nc1-c1ccccc1)c1ccco1. The number of furan rings is 1. The van der Waals surface area contributed by atoms with Gasteiger partial charge in [-0.05, 0) is 44.4 Å². The zero-order valence-corrected chi connectivity index (χ0v) is 18.2. The van der Waals surface area contributed by atoms with Gasteiger partial charge >= 0.3 is 0 Å². The molecular formula is C26H26N4O2. The van der Waals surface area contributed by atoms with Gasteiger partial charge in [0.05, 0.1) is 23.7 Å². The van der Waals surface area contributed by atoms with Gasteiger partial charge in [0.15, 0.2) is 0 Å². The summed E-state index contributed by atoms with van der Waals surface area (Å²) in [6, 6.07) is 23.6. The lowest BCUT2D eigenvalue weighted by molar-refractivity contribution is -0.116. The molecule has 0 aliphatic carbocycles. The molecule has 0 saturated carbocycles. The highest BCUT2D eigenvalue weighted by Crippen LogP contribution is 2.24. The highest BCUT2D eigenvalue weighted by molar-refractivity contribution is 5.92. The van der Waals surface area contributed by atoms with E-state index in [9.17, 15) is 4.79 Å². The van der Waals surface area contributed by atoms with E-state index >= 15 is 0 Å². The normalized spacial score (nSPS) is 12.3. The van der Waals surface area contributed by atoms with Crippen LogP contribution >= 0.6 is 0 Å². The first kappa shape index (κ1) is 21.3. The summed E-state index contributed by atoms with van der Waals surface area (Å²) in [5.41, 5.74) is 3.64. The van der Waals surface area contributed by atoms with Gasteiger partial charge < -0.3 is 9.73 Å². The van der Waals surface area contributed by atoms with Crippen LogP contribution in [0.2, 0.25) is 0 Å². The molecule has 1 atom stereocenters. The maximum Gasteiger partial charge on any atom is 0.244 e. The first-order chi connectivity index (χ1) is 15.6. The average molecular weight is 427 g/mol. The lowest BCUT2D eigenvalue weighted by atomic mass is 10.1. The van der Waals surface area contributed by atoms with E-state index in [2.05, 4.69) is 5.32 Å². The molecule has 0 bridgehead atoms. The largest absolute Gasteiger partial charge is 0.468 e. The van der Waals surface area contributed by atoms with Gasteiger partial charge in [0.2, 0.25) is 5.91 Å². The van der Waals surface area contributed by atoms with Crippen molar-refractivity contribution in [3.63, 3.8) is 0 Å². The number of likely N-dealkylation sites (N-methyl/N-ethyl adjacent to an activating group) is 1. The quantitative estimate of drug-likeness (QED) is 0.420. The fourth-order valence-electron chi connectivity index (χ4n) is 3.48. The zero-order valence-electron chi connectivity index (χ0n) is 18.2. The Balaban J connectivity index is 1.53. The van der Waals surface area contributed by atoms with E-state index in [1.807, 2.05) is 109 Å². The number of para-hydroxylation sites is 1. The molecule has 0 aliphatic rings. The molecule has 32 heavy (non-hydrogen) atoms. The first-order valence-electron chi connectivity index (χ1n) is 10.5. The van der Waals surface area contributed by atoms with E-state index in [1.54, 1.807) is 12.3 Å². The predicted molar refractivity (Wildman–Crippen MR) is 126 cm³/mol.